The van der Waals surface area contributed by atoms with Gasteiger partial charge in [0.05, 0.1) is 18.1 Å². The van der Waals surface area contributed by atoms with Crippen LogP contribution < -0.4 is 5.32 Å². The van der Waals surface area contributed by atoms with E-state index in [9.17, 15) is 4.79 Å². The quantitative estimate of drug-likeness (QED) is 0.918. The van der Waals surface area contributed by atoms with E-state index < -0.39 is 0 Å². The second-order valence-corrected chi connectivity index (χ2v) is 6.29. The van der Waals surface area contributed by atoms with Crippen LogP contribution in [0.4, 0.5) is 10.5 Å². The van der Waals surface area contributed by atoms with Crippen molar-refractivity contribution in [2.75, 3.05) is 31.5 Å². The fourth-order valence-electron chi connectivity index (χ4n) is 2.89. The average molecular weight is 287 g/mol. The summed E-state index contributed by atoms with van der Waals surface area (Å²) >= 11 is 0. The van der Waals surface area contributed by atoms with Crippen molar-refractivity contribution in [1.82, 2.24) is 19.8 Å². The fourth-order valence-corrected chi connectivity index (χ4v) is 2.89. The second kappa shape index (κ2) is 5.26. The lowest BCUT2D eigenvalue weighted by Gasteiger charge is -2.34. The van der Waals surface area contributed by atoms with E-state index in [2.05, 4.69) is 20.2 Å². The van der Waals surface area contributed by atoms with Crippen molar-refractivity contribution >= 4 is 11.7 Å². The van der Waals surface area contributed by atoms with Crippen LogP contribution in [0, 0.1) is 0 Å². The van der Waals surface area contributed by atoms with E-state index in [-0.39, 0.29) is 6.03 Å². The van der Waals surface area contributed by atoms with Gasteiger partial charge >= 0.3 is 6.03 Å². The first-order valence-corrected chi connectivity index (χ1v) is 7.91. The molecular formula is C15H21N5O. The minimum Gasteiger partial charge on any atom is -0.322 e. The molecule has 1 saturated heterocycles. The average Bonchev–Trinajstić information content (AvgIpc) is 3.41. The molecule has 0 spiro atoms. The van der Waals surface area contributed by atoms with E-state index in [4.69, 9.17) is 0 Å². The highest BCUT2D eigenvalue weighted by Crippen LogP contribution is 2.37. The third-order valence-electron chi connectivity index (χ3n) is 4.53. The zero-order valence-electron chi connectivity index (χ0n) is 12.2. The number of nitrogens with one attached hydrogen (secondary N) is 1. The summed E-state index contributed by atoms with van der Waals surface area (Å²) in [5, 5.41) is 2.90. The van der Waals surface area contributed by atoms with Crippen LogP contribution in [-0.2, 0) is 0 Å². The Labute approximate surface area is 124 Å². The summed E-state index contributed by atoms with van der Waals surface area (Å²) in [6, 6.07) is 0.756. The van der Waals surface area contributed by atoms with Crippen molar-refractivity contribution in [2.24, 2.45) is 0 Å². The molecule has 4 rings (SSSR count). The number of piperazine rings is 1. The molecule has 1 aromatic heterocycles. The number of carbonyl (C=O) groups excluding carboxylic acids is 1. The van der Waals surface area contributed by atoms with Gasteiger partial charge in [-0.15, -0.1) is 0 Å². The van der Waals surface area contributed by atoms with Crippen molar-refractivity contribution in [3.05, 3.63) is 18.2 Å². The Kier molecular flexibility index (Phi) is 3.25. The Hall–Kier alpha value is -1.69. The van der Waals surface area contributed by atoms with Gasteiger partial charge in [0.25, 0.3) is 0 Å². The van der Waals surface area contributed by atoms with Crippen LogP contribution in [0.5, 0.6) is 0 Å². The van der Waals surface area contributed by atoms with Gasteiger partial charge < -0.3 is 10.2 Å². The fraction of sp³-hybridized carbons (Fsp3) is 0.667. The molecule has 112 valence electrons. The number of rotatable bonds is 3. The molecule has 1 aromatic rings. The molecule has 2 amide bonds. The van der Waals surface area contributed by atoms with Crippen LogP contribution in [-0.4, -0.2) is 58.0 Å². The van der Waals surface area contributed by atoms with Crippen LogP contribution in [0.25, 0.3) is 0 Å². The predicted octanol–water partition coefficient (Wildman–Crippen LogP) is 1.67. The molecule has 6 heteroatoms. The Morgan fingerprint density at radius 3 is 2.29 bits per heavy atom. The SMILES string of the molecule is O=C(Nc1cnc(C2CC2)nc1)N1CCN(C2CC2)CC1. The molecule has 2 heterocycles. The Morgan fingerprint density at radius 2 is 1.71 bits per heavy atom. The van der Waals surface area contributed by atoms with Gasteiger partial charge in [-0.2, -0.15) is 0 Å². The maximum absolute atomic E-state index is 12.2. The highest BCUT2D eigenvalue weighted by molar-refractivity contribution is 5.89. The molecule has 3 aliphatic rings. The van der Waals surface area contributed by atoms with Crippen molar-refractivity contribution < 1.29 is 4.79 Å². The molecule has 0 aromatic carbocycles. The van der Waals surface area contributed by atoms with Crippen molar-refractivity contribution in [3.8, 4) is 0 Å². The number of urea groups is 1. The van der Waals surface area contributed by atoms with Crippen LogP contribution in [0.2, 0.25) is 0 Å². The third-order valence-corrected chi connectivity index (χ3v) is 4.53. The molecule has 1 aliphatic heterocycles. The highest BCUT2D eigenvalue weighted by Gasteiger charge is 2.32. The first kappa shape index (κ1) is 13.0. The molecule has 6 nitrogen and oxygen atoms in total. The molecule has 0 radical (unpaired) electrons. The zero-order valence-corrected chi connectivity index (χ0v) is 12.2. The summed E-state index contributed by atoms with van der Waals surface area (Å²) < 4.78 is 0. The minimum atomic E-state index is -0.0341. The first-order valence-electron chi connectivity index (χ1n) is 7.91. The molecule has 0 unspecified atom stereocenters. The summed E-state index contributed by atoms with van der Waals surface area (Å²) in [7, 11) is 0. The van der Waals surface area contributed by atoms with Crippen molar-refractivity contribution in [1.29, 1.82) is 0 Å². The van der Waals surface area contributed by atoms with Gasteiger partial charge in [-0.05, 0) is 25.7 Å². The van der Waals surface area contributed by atoms with E-state index in [0.717, 1.165) is 38.0 Å². The van der Waals surface area contributed by atoms with E-state index >= 15 is 0 Å². The summed E-state index contributed by atoms with van der Waals surface area (Å²) in [5.74, 6) is 1.45. The summed E-state index contributed by atoms with van der Waals surface area (Å²) in [5.41, 5.74) is 0.689. The van der Waals surface area contributed by atoms with Crippen LogP contribution >= 0.6 is 0 Å². The molecule has 2 aliphatic carbocycles. The van der Waals surface area contributed by atoms with Gasteiger partial charge in [-0.3, -0.25) is 4.90 Å². The number of hydrogen-bond acceptors (Lipinski definition) is 4. The molecule has 1 N–H and O–H groups in total. The molecule has 3 fully saturated rings. The van der Waals surface area contributed by atoms with E-state index in [1.807, 2.05) is 4.90 Å². The Balaban J connectivity index is 1.30. The zero-order chi connectivity index (χ0) is 14.2. The molecule has 2 saturated carbocycles. The lowest BCUT2D eigenvalue weighted by Crippen LogP contribution is -2.50. The lowest BCUT2D eigenvalue weighted by atomic mass is 10.3. The number of amides is 2. The van der Waals surface area contributed by atoms with Gasteiger partial charge in [0.2, 0.25) is 0 Å². The molecule has 0 bridgehead atoms. The van der Waals surface area contributed by atoms with Gasteiger partial charge in [0.1, 0.15) is 5.82 Å². The van der Waals surface area contributed by atoms with E-state index in [1.54, 1.807) is 12.4 Å². The maximum Gasteiger partial charge on any atom is 0.322 e. The monoisotopic (exact) mass is 287 g/mol. The van der Waals surface area contributed by atoms with Crippen molar-refractivity contribution in [2.45, 2.75) is 37.6 Å². The molecule has 21 heavy (non-hydrogen) atoms. The number of carbonyl (C=O) groups is 1. The summed E-state index contributed by atoms with van der Waals surface area (Å²) in [6.45, 7) is 3.61. The smallest absolute Gasteiger partial charge is 0.322 e. The van der Waals surface area contributed by atoms with Crippen LogP contribution in [0.15, 0.2) is 12.4 Å². The maximum atomic E-state index is 12.2. The lowest BCUT2D eigenvalue weighted by molar-refractivity contribution is 0.142. The van der Waals surface area contributed by atoms with E-state index in [0.29, 0.717) is 11.6 Å². The molecular weight excluding hydrogens is 266 g/mol. The van der Waals surface area contributed by atoms with Gasteiger partial charge in [-0.1, -0.05) is 0 Å². The number of anilines is 1. The first-order chi connectivity index (χ1) is 10.3. The largest absolute Gasteiger partial charge is 0.322 e. The highest BCUT2D eigenvalue weighted by atomic mass is 16.2. The van der Waals surface area contributed by atoms with E-state index in [1.165, 1.54) is 25.7 Å². The van der Waals surface area contributed by atoms with Gasteiger partial charge in [0.15, 0.2) is 0 Å². The Bertz CT molecular complexity index is 515. The second-order valence-electron chi connectivity index (χ2n) is 6.29. The minimum absolute atomic E-state index is 0.0341. The summed E-state index contributed by atoms with van der Waals surface area (Å²) in [4.78, 5) is 25.3. The number of aromatic nitrogens is 2. The standard InChI is InChI=1S/C15H21N5O/c21-15(20-7-5-19(6-8-20)13-3-4-13)18-12-9-16-14(17-10-12)11-1-2-11/h9-11,13H,1-8H2,(H,18,21). The third kappa shape index (κ3) is 3.00. The number of hydrogen-bond donors (Lipinski definition) is 1. The number of nitrogens with zero attached hydrogens (tertiary/aromatic N) is 4. The summed E-state index contributed by atoms with van der Waals surface area (Å²) in [6.07, 6.45) is 8.49. The molecule has 0 atom stereocenters. The van der Waals surface area contributed by atoms with Gasteiger partial charge in [-0.25, -0.2) is 14.8 Å². The van der Waals surface area contributed by atoms with Gasteiger partial charge in [0, 0.05) is 38.1 Å². The Morgan fingerprint density at radius 1 is 1.05 bits per heavy atom. The van der Waals surface area contributed by atoms with Crippen LogP contribution in [0.1, 0.15) is 37.4 Å². The topological polar surface area (TPSA) is 61.4 Å². The predicted molar refractivity (Wildman–Crippen MR) is 79.2 cm³/mol. The van der Waals surface area contributed by atoms with Crippen molar-refractivity contribution in [3.63, 3.8) is 0 Å². The normalized spacial score (nSPS) is 23.1. The van der Waals surface area contributed by atoms with Crippen LogP contribution in [0.3, 0.4) is 0 Å².